The number of ether oxygens (including phenoxy) is 2. The molecule has 6 rings (SSSR count). The minimum atomic E-state index is 0.432. The monoisotopic (exact) mass is 453 g/mol. The second kappa shape index (κ2) is 9.27. The average Bonchev–Trinajstić information content (AvgIpc) is 2.77. The van der Waals surface area contributed by atoms with E-state index in [1.54, 1.807) is 0 Å². The van der Waals surface area contributed by atoms with E-state index >= 15 is 0 Å². The van der Waals surface area contributed by atoms with Gasteiger partial charge in [-0.2, -0.15) is 0 Å². The topological polar surface area (TPSA) is 30.5 Å². The molecule has 1 unspecified atom stereocenters. The van der Waals surface area contributed by atoms with Crippen molar-refractivity contribution in [1.29, 1.82) is 0 Å². The fourth-order valence-corrected chi connectivity index (χ4v) is 7.28. The first-order chi connectivity index (χ1) is 15.6. The van der Waals surface area contributed by atoms with Gasteiger partial charge in [0.25, 0.3) is 0 Å². The van der Waals surface area contributed by atoms with Gasteiger partial charge in [-0.1, -0.05) is 41.9 Å². The van der Waals surface area contributed by atoms with Crippen LogP contribution in [0, 0.1) is 23.2 Å². The van der Waals surface area contributed by atoms with E-state index in [0.717, 1.165) is 51.9 Å². The lowest BCUT2D eigenvalue weighted by Gasteiger charge is -2.59. The summed E-state index contributed by atoms with van der Waals surface area (Å²) in [6.07, 6.45) is 8.72. The first kappa shape index (κ1) is 22.1. The highest BCUT2D eigenvalue weighted by atomic mass is 35.5. The SMILES string of the molecule is CCOc1cccc(CNC(C)C23CC4CC(CC(C4)C2)C3)c1OCc1ccccc1Cl. The van der Waals surface area contributed by atoms with Crippen LogP contribution >= 0.6 is 11.6 Å². The molecule has 4 fully saturated rings. The molecule has 2 aromatic rings. The predicted octanol–water partition coefficient (Wildman–Crippen LogP) is 7.01. The molecule has 1 N–H and O–H groups in total. The summed E-state index contributed by atoms with van der Waals surface area (Å²) >= 11 is 6.36. The van der Waals surface area contributed by atoms with Crippen molar-refractivity contribution in [2.45, 2.75) is 71.6 Å². The molecule has 1 atom stereocenters. The second-order valence-corrected chi connectivity index (χ2v) is 10.8. The summed E-state index contributed by atoms with van der Waals surface area (Å²) in [5.41, 5.74) is 2.63. The summed E-state index contributed by atoms with van der Waals surface area (Å²) in [7, 11) is 0. The number of rotatable bonds is 9. The fraction of sp³-hybridized carbons (Fsp3) is 0.571. The summed E-state index contributed by atoms with van der Waals surface area (Å²) in [5.74, 6) is 4.56. The zero-order chi connectivity index (χ0) is 22.1. The van der Waals surface area contributed by atoms with Gasteiger partial charge in [0.15, 0.2) is 11.5 Å². The minimum absolute atomic E-state index is 0.432. The highest BCUT2D eigenvalue weighted by Crippen LogP contribution is 2.61. The van der Waals surface area contributed by atoms with E-state index in [0.29, 0.717) is 24.7 Å². The van der Waals surface area contributed by atoms with E-state index in [-0.39, 0.29) is 0 Å². The van der Waals surface area contributed by atoms with E-state index in [1.807, 2.05) is 37.3 Å². The van der Waals surface area contributed by atoms with E-state index in [1.165, 1.54) is 38.5 Å². The zero-order valence-electron chi connectivity index (χ0n) is 19.4. The van der Waals surface area contributed by atoms with Gasteiger partial charge >= 0.3 is 0 Å². The molecule has 172 valence electrons. The van der Waals surface area contributed by atoms with E-state index in [9.17, 15) is 0 Å². The average molecular weight is 454 g/mol. The summed E-state index contributed by atoms with van der Waals surface area (Å²) < 4.78 is 12.2. The Morgan fingerprint density at radius 1 is 0.938 bits per heavy atom. The van der Waals surface area contributed by atoms with Gasteiger partial charge in [0.05, 0.1) is 6.61 Å². The Bertz CT molecular complexity index is 907. The van der Waals surface area contributed by atoms with Crippen LogP contribution in [0.5, 0.6) is 11.5 Å². The zero-order valence-corrected chi connectivity index (χ0v) is 20.2. The third kappa shape index (κ3) is 4.39. The molecule has 4 aliphatic carbocycles. The predicted molar refractivity (Wildman–Crippen MR) is 130 cm³/mol. The van der Waals surface area contributed by atoms with E-state index in [2.05, 4.69) is 24.4 Å². The largest absolute Gasteiger partial charge is 0.490 e. The Balaban J connectivity index is 1.31. The molecule has 0 spiro atoms. The van der Waals surface area contributed by atoms with Crippen molar-refractivity contribution in [2.24, 2.45) is 23.2 Å². The van der Waals surface area contributed by atoms with Crippen molar-refractivity contribution < 1.29 is 9.47 Å². The molecule has 0 aliphatic heterocycles. The maximum Gasteiger partial charge on any atom is 0.166 e. The summed E-state index contributed by atoms with van der Waals surface area (Å²) in [6, 6.07) is 14.6. The van der Waals surface area contributed by atoms with Crippen LogP contribution < -0.4 is 14.8 Å². The van der Waals surface area contributed by atoms with E-state index < -0.39 is 0 Å². The lowest BCUT2D eigenvalue weighted by molar-refractivity contribution is -0.0706. The Morgan fingerprint density at radius 3 is 2.25 bits per heavy atom. The van der Waals surface area contributed by atoms with Crippen molar-refractivity contribution in [1.82, 2.24) is 5.32 Å². The van der Waals surface area contributed by atoms with Gasteiger partial charge in [-0.25, -0.2) is 0 Å². The van der Waals surface area contributed by atoms with Gasteiger partial charge in [-0.15, -0.1) is 0 Å². The van der Waals surface area contributed by atoms with Crippen molar-refractivity contribution in [2.75, 3.05) is 6.61 Å². The Morgan fingerprint density at radius 2 is 1.59 bits per heavy atom. The molecular formula is C28H36ClNO2. The highest BCUT2D eigenvalue weighted by Gasteiger charge is 2.52. The molecule has 0 heterocycles. The number of halogens is 1. The first-order valence-corrected chi connectivity index (χ1v) is 12.8. The lowest BCUT2D eigenvalue weighted by Crippen LogP contribution is -2.54. The number of benzene rings is 2. The van der Waals surface area contributed by atoms with Gasteiger partial charge in [0, 0.05) is 28.7 Å². The van der Waals surface area contributed by atoms with Crippen LogP contribution in [0.4, 0.5) is 0 Å². The molecule has 0 saturated heterocycles. The maximum atomic E-state index is 6.36. The fourth-order valence-electron chi connectivity index (χ4n) is 7.09. The van der Waals surface area contributed by atoms with Crippen LogP contribution in [0.3, 0.4) is 0 Å². The Hall–Kier alpha value is -1.71. The molecule has 4 saturated carbocycles. The number of para-hydroxylation sites is 1. The normalized spacial score (nSPS) is 29.2. The van der Waals surface area contributed by atoms with Crippen LogP contribution in [-0.4, -0.2) is 12.6 Å². The van der Waals surface area contributed by atoms with Gasteiger partial charge < -0.3 is 14.8 Å². The minimum Gasteiger partial charge on any atom is -0.490 e. The van der Waals surface area contributed by atoms with Crippen molar-refractivity contribution in [3.63, 3.8) is 0 Å². The number of nitrogens with one attached hydrogen (secondary N) is 1. The standard InChI is InChI=1S/C28H36ClNO2/c1-3-31-26-10-6-8-23(27(26)32-18-24-7-4-5-9-25(24)29)17-30-19(2)28-14-20-11-21(15-28)13-22(12-20)16-28/h4-10,19-22,30H,3,11-18H2,1-2H3. The molecule has 4 bridgehead atoms. The van der Waals surface area contributed by atoms with Gasteiger partial charge in [0.2, 0.25) is 0 Å². The van der Waals surface area contributed by atoms with Crippen LogP contribution in [0.15, 0.2) is 42.5 Å². The quantitative estimate of drug-likeness (QED) is 0.442. The molecule has 4 aliphatic rings. The third-order valence-electron chi connectivity index (χ3n) is 8.29. The summed E-state index contributed by atoms with van der Waals surface area (Å²) in [6.45, 7) is 6.27. The van der Waals surface area contributed by atoms with Crippen LogP contribution in [0.25, 0.3) is 0 Å². The van der Waals surface area contributed by atoms with Crippen LogP contribution in [-0.2, 0) is 13.2 Å². The van der Waals surface area contributed by atoms with Crippen LogP contribution in [0.2, 0.25) is 5.02 Å². The molecular weight excluding hydrogens is 418 g/mol. The summed E-state index contributed by atoms with van der Waals surface area (Å²) in [5, 5.41) is 4.65. The molecule has 32 heavy (non-hydrogen) atoms. The van der Waals surface area contributed by atoms with Crippen molar-refractivity contribution in [3.8, 4) is 11.5 Å². The van der Waals surface area contributed by atoms with Crippen molar-refractivity contribution >= 4 is 11.6 Å². The summed E-state index contributed by atoms with van der Waals surface area (Å²) in [4.78, 5) is 0. The molecule has 4 heteroatoms. The number of hydrogen-bond donors (Lipinski definition) is 1. The molecule has 0 amide bonds. The molecule has 0 radical (unpaired) electrons. The van der Waals surface area contributed by atoms with Crippen molar-refractivity contribution in [3.05, 3.63) is 58.6 Å². The molecule has 2 aromatic carbocycles. The lowest BCUT2D eigenvalue weighted by atomic mass is 9.48. The van der Waals surface area contributed by atoms with Gasteiger partial charge in [-0.05, 0) is 87.7 Å². The van der Waals surface area contributed by atoms with Crippen LogP contribution in [0.1, 0.15) is 63.5 Å². The molecule has 0 aromatic heterocycles. The smallest absolute Gasteiger partial charge is 0.166 e. The van der Waals surface area contributed by atoms with Gasteiger partial charge in [0.1, 0.15) is 6.61 Å². The Kier molecular flexibility index (Phi) is 6.40. The van der Waals surface area contributed by atoms with Gasteiger partial charge in [-0.3, -0.25) is 0 Å². The molecule has 3 nitrogen and oxygen atoms in total. The van der Waals surface area contributed by atoms with E-state index in [4.69, 9.17) is 21.1 Å². The Labute approximate surface area is 197 Å². The second-order valence-electron chi connectivity index (χ2n) is 10.4. The highest BCUT2D eigenvalue weighted by molar-refractivity contribution is 6.31. The number of hydrogen-bond acceptors (Lipinski definition) is 3. The first-order valence-electron chi connectivity index (χ1n) is 12.4. The third-order valence-corrected chi connectivity index (χ3v) is 8.66. The maximum absolute atomic E-state index is 6.36.